The molecule has 1 rings (SSSR count). The molecule has 1 aliphatic heterocycles. The van der Waals surface area contributed by atoms with E-state index in [0.717, 1.165) is 20.0 Å². The summed E-state index contributed by atoms with van der Waals surface area (Å²) in [6, 6.07) is -0.278. The van der Waals surface area contributed by atoms with Crippen molar-refractivity contribution in [1.29, 1.82) is 0 Å². The van der Waals surface area contributed by atoms with Crippen LogP contribution in [0.2, 0.25) is 0 Å². The average molecular weight is 245 g/mol. The molecule has 5 heteroatoms. The minimum Gasteiger partial charge on any atom is -0.444 e. The number of hydrogen-bond acceptors (Lipinski definition) is 4. The molecule has 100 valence electrons. The Bertz CT molecular complexity index is 270. The number of ketones is 1. The number of carbonyl (C=O) groups is 2. The van der Waals surface area contributed by atoms with Crippen molar-refractivity contribution in [3.05, 3.63) is 0 Å². The van der Waals surface area contributed by atoms with Gasteiger partial charge < -0.3 is 9.84 Å². The van der Waals surface area contributed by atoms with Crippen LogP contribution >= 0.6 is 0 Å². The Labute approximate surface area is 103 Å². The summed E-state index contributed by atoms with van der Waals surface area (Å²) in [7, 11) is 1.00. The third-order valence-corrected chi connectivity index (χ3v) is 2.35. The minimum atomic E-state index is -0.499. The van der Waals surface area contributed by atoms with Gasteiger partial charge in [0.05, 0.1) is 6.04 Å². The molecule has 0 aromatic heterocycles. The Morgan fingerprint density at radius 3 is 2.24 bits per heavy atom. The summed E-state index contributed by atoms with van der Waals surface area (Å²) in [5, 5.41) is 7.00. The molecule has 0 saturated carbocycles. The molecule has 1 unspecified atom stereocenters. The minimum absolute atomic E-state index is 0.0401. The number of aliphatic hydroxyl groups is 1. The quantitative estimate of drug-likeness (QED) is 0.761. The summed E-state index contributed by atoms with van der Waals surface area (Å²) in [5.41, 5.74) is -0.499. The van der Waals surface area contributed by atoms with Crippen LogP contribution in [0, 0.1) is 0 Å². The molecule has 0 radical (unpaired) electrons. The normalized spacial score (nSPS) is 19.4. The summed E-state index contributed by atoms with van der Waals surface area (Å²) in [6.07, 6.45) is 1.26. The Balaban J connectivity index is 0.00000121. The SMILES string of the molecule is CC(=O)C1CCCN1C(=O)OC(C)(C)C.CO. The number of ether oxygens (including phenoxy) is 1. The highest BCUT2D eigenvalue weighted by molar-refractivity contribution is 5.86. The van der Waals surface area contributed by atoms with Crippen LogP contribution in [0.3, 0.4) is 0 Å². The van der Waals surface area contributed by atoms with Gasteiger partial charge in [0.2, 0.25) is 0 Å². The number of Topliss-reactive ketones (excluding diaryl/α,β-unsaturated/α-hetero) is 1. The fourth-order valence-corrected chi connectivity index (χ4v) is 1.73. The molecule has 17 heavy (non-hydrogen) atoms. The largest absolute Gasteiger partial charge is 0.444 e. The van der Waals surface area contributed by atoms with Gasteiger partial charge >= 0.3 is 6.09 Å². The second kappa shape index (κ2) is 6.59. The lowest BCUT2D eigenvalue weighted by Gasteiger charge is -2.27. The molecular formula is C12H23NO4. The monoisotopic (exact) mass is 245 g/mol. The van der Waals surface area contributed by atoms with E-state index >= 15 is 0 Å². The van der Waals surface area contributed by atoms with E-state index in [-0.39, 0.29) is 17.9 Å². The molecule has 1 saturated heterocycles. The van der Waals surface area contributed by atoms with Crippen LogP contribution in [0.4, 0.5) is 4.79 Å². The van der Waals surface area contributed by atoms with Gasteiger partial charge in [-0.05, 0) is 40.5 Å². The zero-order valence-corrected chi connectivity index (χ0v) is 11.3. The number of hydrogen-bond donors (Lipinski definition) is 1. The lowest BCUT2D eigenvalue weighted by atomic mass is 10.1. The summed E-state index contributed by atoms with van der Waals surface area (Å²) in [5.74, 6) is 0.0401. The molecule has 0 aliphatic carbocycles. The first kappa shape index (κ1) is 15.9. The lowest BCUT2D eigenvalue weighted by molar-refractivity contribution is -0.121. The highest BCUT2D eigenvalue weighted by atomic mass is 16.6. The van der Waals surface area contributed by atoms with E-state index in [1.165, 1.54) is 11.8 Å². The van der Waals surface area contributed by atoms with Crippen molar-refractivity contribution in [2.45, 2.75) is 52.2 Å². The molecule has 0 aromatic rings. The Morgan fingerprint density at radius 2 is 1.82 bits per heavy atom. The molecule has 0 spiro atoms. The summed E-state index contributed by atoms with van der Waals surface area (Å²) in [4.78, 5) is 24.5. The van der Waals surface area contributed by atoms with Crippen LogP contribution in [0.15, 0.2) is 0 Å². The smallest absolute Gasteiger partial charge is 0.410 e. The van der Waals surface area contributed by atoms with Crippen LogP contribution in [0.1, 0.15) is 40.5 Å². The van der Waals surface area contributed by atoms with Crippen LogP contribution < -0.4 is 0 Å². The Kier molecular flexibility index (Phi) is 6.16. The van der Waals surface area contributed by atoms with Crippen molar-refractivity contribution in [1.82, 2.24) is 4.90 Å². The van der Waals surface area contributed by atoms with E-state index in [9.17, 15) is 9.59 Å². The predicted octanol–water partition coefficient (Wildman–Crippen LogP) is 1.58. The maximum atomic E-state index is 11.7. The lowest BCUT2D eigenvalue weighted by Crippen LogP contribution is -2.42. The number of rotatable bonds is 1. The third kappa shape index (κ3) is 5.17. The van der Waals surface area contributed by atoms with Gasteiger partial charge in [-0.1, -0.05) is 0 Å². The van der Waals surface area contributed by atoms with Crippen molar-refractivity contribution >= 4 is 11.9 Å². The molecule has 1 fully saturated rings. The third-order valence-electron chi connectivity index (χ3n) is 2.35. The van der Waals surface area contributed by atoms with Crippen LogP contribution in [0.25, 0.3) is 0 Å². The zero-order valence-electron chi connectivity index (χ0n) is 11.3. The van der Waals surface area contributed by atoms with Gasteiger partial charge in [-0.25, -0.2) is 4.79 Å². The maximum Gasteiger partial charge on any atom is 0.410 e. The summed E-state index contributed by atoms with van der Waals surface area (Å²) >= 11 is 0. The Hall–Kier alpha value is -1.10. The van der Waals surface area contributed by atoms with E-state index in [1.54, 1.807) is 0 Å². The molecule has 1 atom stereocenters. The second-order valence-corrected chi connectivity index (χ2v) is 4.94. The molecule has 1 heterocycles. The topological polar surface area (TPSA) is 66.8 Å². The highest BCUT2D eigenvalue weighted by Crippen LogP contribution is 2.21. The van der Waals surface area contributed by atoms with E-state index in [2.05, 4.69) is 0 Å². The van der Waals surface area contributed by atoms with Gasteiger partial charge in [-0.15, -0.1) is 0 Å². The van der Waals surface area contributed by atoms with Crippen LogP contribution in [-0.2, 0) is 9.53 Å². The van der Waals surface area contributed by atoms with Crippen molar-refractivity contribution in [3.63, 3.8) is 0 Å². The number of amides is 1. The average Bonchev–Trinajstić information content (AvgIpc) is 2.66. The number of nitrogens with zero attached hydrogens (tertiary/aromatic N) is 1. The van der Waals surface area contributed by atoms with Gasteiger partial charge in [-0.2, -0.15) is 0 Å². The fraction of sp³-hybridized carbons (Fsp3) is 0.833. The molecule has 0 aromatic carbocycles. The number of aliphatic hydroxyl groups excluding tert-OH is 1. The van der Waals surface area contributed by atoms with Crippen LogP contribution in [0.5, 0.6) is 0 Å². The highest BCUT2D eigenvalue weighted by Gasteiger charge is 2.34. The van der Waals surface area contributed by atoms with Crippen molar-refractivity contribution in [2.24, 2.45) is 0 Å². The van der Waals surface area contributed by atoms with E-state index in [1.807, 2.05) is 20.8 Å². The Morgan fingerprint density at radius 1 is 1.29 bits per heavy atom. The maximum absolute atomic E-state index is 11.7. The van der Waals surface area contributed by atoms with E-state index in [0.29, 0.717) is 6.54 Å². The van der Waals surface area contributed by atoms with Gasteiger partial charge in [-0.3, -0.25) is 9.69 Å². The molecule has 0 bridgehead atoms. The van der Waals surface area contributed by atoms with Crippen LogP contribution in [-0.4, -0.2) is 47.2 Å². The van der Waals surface area contributed by atoms with Crippen molar-refractivity contribution in [3.8, 4) is 0 Å². The summed E-state index contributed by atoms with van der Waals surface area (Å²) in [6.45, 7) is 7.61. The predicted molar refractivity (Wildman–Crippen MR) is 64.8 cm³/mol. The van der Waals surface area contributed by atoms with Crippen molar-refractivity contribution < 1.29 is 19.4 Å². The zero-order chi connectivity index (χ0) is 13.6. The molecule has 1 amide bonds. The van der Waals surface area contributed by atoms with Gasteiger partial charge in [0.25, 0.3) is 0 Å². The summed E-state index contributed by atoms with van der Waals surface area (Å²) < 4.78 is 5.24. The first-order valence-electron chi connectivity index (χ1n) is 5.76. The fourth-order valence-electron chi connectivity index (χ4n) is 1.73. The molecule has 1 N–H and O–H groups in total. The molecule has 1 aliphatic rings. The van der Waals surface area contributed by atoms with Crippen molar-refractivity contribution in [2.75, 3.05) is 13.7 Å². The number of likely N-dealkylation sites (tertiary alicyclic amines) is 1. The first-order valence-corrected chi connectivity index (χ1v) is 5.76. The number of carbonyl (C=O) groups excluding carboxylic acids is 2. The van der Waals surface area contributed by atoms with Gasteiger partial charge in [0, 0.05) is 13.7 Å². The van der Waals surface area contributed by atoms with Gasteiger partial charge in [0.1, 0.15) is 5.60 Å². The molecular weight excluding hydrogens is 222 g/mol. The second-order valence-electron chi connectivity index (χ2n) is 4.94. The van der Waals surface area contributed by atoms with E-state index in [4.69, 9.17) is 9.84 Å². The molecule has 5 nitrogen and oxygen atoms in total. The van der Waals surface area contributed by atoms with Gasteiger partial charge in [0.15, 0.2) is 5.78 Å². The first-order chi connectivity index (χ1) is 7.81. The standard InChI is InChI=1S/C11H19NO3.CH4O/c1-8(13)9-6-5-7-12(9)10(14)15-11(2,3)4;1-2/h9H,5-7H2,1-4H3;2H,1H3. The van der Waals surface area contributed by atoms with E-state index < -0.39 is 5.60 Å².